The molecule has 0 aliphatic carbocycles. The second-order valence-corrected chi connectivity index (χ2v) is 3.08. The Balaban J connectivity index is 2.53. The predicted molar refractivity (Wildman–Crippen MR) is 50.8 cm³/mol. The van der Waals surface area contributed by atoms with Crippen LogP contribution in [0.5, 0.6) is 0 Å². The van der Waals surface area contributed by atoms with Crippen LogP contribution >= 0.6 is 0 Å². The van der Waals surface area contributed by atoms with Crippen LogP contribution < -0.4 is 0 Å². The molecule has 2 aromatic heterocycles. The highest BCUT2D eigenvalue weighted by atomic mass is 15.3. The molecule has 0 radical (unpaired) electrons. The van der Waals surface area contributed by atoms with Gasteiger partial charge in [0.2, 0.25) is 0 Å². The molecular formula is C10H11N3. The van der Waals surface area contributed by atoms with E-state index >= 15 is 0 Å². The zero-order chi connectivity index (χ0) is 9.26. The van der Waals surface area contributed by atoms with Crippen molar-refractivity contribution >= 4 is 0 Å². The molecule has 0 saturated carbocycles. The molecule has 3 nitrogen and oxygen atoms in total. The summed E-state index contributed by atoms with van der Waals surface area (Å²) in [5.41, 5.74) is 2.29. The van der Waals surface area contributed by atoms with Gasteiger partial charge in [-0.1, -0.05) is 0 Å². The van der Waals surface area contributed by atoms with Gasteiger partial charge in [0, 0.05) is 18.1 Å². The van der Waals surface area contributed by atoms with Crippen molar-refractivity contribution < 1.29 is 0 Å². The Bertz CT molecular complexity index is 418. The molecule has 0 aromatic carbocycles. The first kappa shape index (κ1) is 7.98. The van der Waals surface area contributed by atoms with Gasteiger partial charge in [-0.2, -0.15) is 5.10 Å². The zero-order valence-electron chi connectivity index (χ0n) is 7.73. The molecule has 0 saturated heterocycles. The van der Waals surface area contributed by atoms with Crippen molar-refractivity contribution in [1.29, 1.82) is 0 Å². The largest absolute Gasteiger partial charge is 0.237 e. The van der Waals surface area contributed by atoms with Crippen LogP contribution in [0.4, 0.5) is 0 Å². The third-order valence-electron chi connectivity index (χ3n) is 1.95. The molecule has 3 heteroatoms. The Morgan fingerprint density at radius 3 is 2.62 bits per heavy atom. The average Bonchev–Trinajstić information content (AvgIpc) is 2.51. The van der Waals surface area contributed by atoms with Crippen LogP contribution in [0.15, 0.2) is 30.6 Å². The van der Waals surface area contributed by atoms with Crippen LogP contribution in [-0.2, 0) is 0 Å². The molecule has 0 aliphatic heterocycles. The highest BCUT2D eigenvalue weighted by Gasteiger charge is 2.00. The van der Waals surface area contributed by atoms with Crippen molar-refractivity contribution in [2.45, 2.75) is 13.8 Å². The summed E-state index contributed by atoms with van der Waals surface area (Å²) in [4.78, 5) is 4.24. The molecule has 0 N–H and O–H groups in total. The van der Waals surface area contributed by atoms with Crippen LogP contribution in [0.1, 0.15) is 11.3 Å². The number of nitrogens with zero attached hydrogens (tertiary/aromatic N) is 3. The summed E-state index contributed by atoms with van der Waals surface area (Å²) < 4.78 is 1.83. The fourth-order valence-electron chi connectivity index (χ4n) is 1.25. The molecule has 2 aromatic rings. The van der Waals surface area contributed by atoms with Gasteiger partial charge >= 0.3 is 0 Å². The monoisotopic (exact) mass is 173 g/mol. The highest BCUT2D eigenvalue weighted by Crippen LogP contribution is 2.07. The van der Waals surface area contributed by atoms with Crippen molar-refractivity contribution in [3.8, 4) is 5.82 Å². The Morgan fingerprint density at radius 2 is 2.00 bits per heavy atom. The van der Waals surface area contributed by atoms with E-state index < -0.39 is 0 Å². The smallest absolute Gasteiger partial charge is 0.153 e. The molecule has 0 fully saturated rings. The third kappa shape index (κ3) is 1.45. The minimum absolute atomic E-state index is 0.877. The van der Waals surface area contributed by atoms with Crippen LogP contribution in [0.25, 0.3) is 5.82 Å². The lowest BCUT2D eigenvalue weighted by Gasteiger charge is -2.02. The molecule has 0 bridgehead atoms. The topological polar surface area (TPSA) is 30.7 Å². The molecule has 0 spiro atoms. The van der Waals surface area contributed by atoms with E-state index in [9.17, 15) is 0 Å². The summed E-state index contributed by atoms with van der Waals surface area (Å²) >= 11 is 0. The van der Waals surface area contributed by atoms with Gasteiger partial charge in [-0.25, -0.2) is 9.67 Å². The van der Waals surface area contributed by atoms with Gasteiger partial charge in [0.05, 0.1) is 0 Å². The number of hydrogen-bond acceptors (Lipinski definition) is 2. The molecule has 0 amide bonds. The van der Waals surface area contributed by atoms with E-state index in [2.05, 4.69) is 10.1 Å². The Hall–Kier alpha value is -1.64. The maximum atomic E-state index is 4.24. The fraction of sp³-hybridized carbons (Fsp3) is 0.200. The third-order valence-corrected chi connectivity index (χ3v) is 1.95. The van der Waals surface area contributed by atoms with Crippen molar-refractivity contribution in [3.63, 3.8) is 0 Å². The van der Waals surface area contributed by atoms with Crippen molar-refractivity contribution in [1.82, 2.24) is 14.8 Å². The first-order valence-corrected chi connectivity index (χ1v) is 4.21. The zero-order valence-corrected chi connectivity index (χ0v) is 7.73. The highest BCUT2D eigenvalue weighted by molar-refractivity contribution is 5.27. The van der Waals surface area contributed by atoms with Gasteiger partial charge < -0.3 is 0 Å². The summed E-state index contributed by atoms with van der Waals surface area (Å²) in [5, 5.41) is 4.18. The van der Waals surface area contributed by atoms with Gasteiger partial charge in [-0.3, -0.25) is 0 Å². The summed E-state index contributed by atoms with van der Waals surface area (Å²) in [6.45, 7) is 4.06. The average molecular weight is 173 g/mol. The Kier molecular flexibility index (Phi) is 1.85. The maximum absolute atomic E-state index is 4.24. The molecule has 0 atom stereocenters. The van der Waals surface area contributed by atoms with Crippen LogP contribution in [0.2, 0.25) is 0 Å². The lowest BCUT2D eigenvalue weighted by molar-refractivity contribution is 0.816. The number of aryl methyl sites for hydroxylation is 2. The summed E-state index contributed by atoms with van der Waals surface area (Å²) in [7, 11) is 0. The van der Waals surface area contributed by atoms with E-state index in [0.717, 1.165) is 11.5 Å². The molecular weight excluding hydrogens is 162 g/mol. The molecule has 13 heavy (non-hydrogen) atoms. The molecule has 0 aliphatic rings. The van der Waals surface area contributed by atoms with Gasteiger partial charge in [0.25, 0.3) is 0 Å². The number of hydrogen-bond donors (Lipinski definition) is 0. The first-order valence-electron chi connectivity index (χ1n) is 4.21. The summed E-state index contributed by atoms with van der Waals surface area (Å²) in [5.74, 6) is 0.877. The van der Waals surface area contributed by atoms with Gasteiger partial charge in [-0.15, -0.1) is 0 Å². The van der Waals surface area contributed by atoms with Crippen LogP contribution in [-0.4, -0.2) is 14.8 Å². The maximum Gasteiger partial charge on any atom is 0.153 e. The molecule has 2 rings (SSSR count). The molecule has 0 unspecified atom stereocenters. The van der Waals surface area contributed by atoms with E-state index in [0.29, 0.717) is 0 Å². The van der Waals surface area contributed by atoms with Crippen molar-refractivity contribution in [2.24, 2.45) is 0 Å². The molecule has 66 valence electrons. The van der Waals surface area contributed by atoms with Gasteiger partial charge in [0.15, 0.2) is 5.82 Å². The number of aromatic nitrogens is 3. The minimum atomic E-state index is 0.877. The number of rotatable bonds is 1. The van der Waals surface area contributed by atoms with E-state index in [1.165, 1.54) is 5.56 Å². The van der Waals surface area contributed by atoms with Crippen LogP contribution in [0.3, 0.4) is 0 Å². The van der Waals surface area contributed by atoms with Crippen molar-refractivity contribution in [2.75, 3.05) is 0 Å². The normalized spacial score (nSPS) is 10.3. The lowest BCUT2D eigenvalue weighted by Crippen LogP contribution is -2.01. The standard InChI is InChI=1S/C10H11N3/c1-8-3-5-11-10(7-8)13-9(2)4-6-12-13/h3-7H,1-2H3. The van der Waals surface area contributed by atoms with E-state index in [4.69, 9.17) is 0 Å². The predicted octanol–water partition coefficient (Wildman–Crippen LogP) is 1.88. The van der Waals surface area contributed by atoms with Gasteiger partial charge in [-0.05, 0) is 37.6 Å². The van der Waals surface area contributed by atoms with Crippen LogP contribution in [0, 0.1) is 13.8 Å². The fourth-order valence-corrected chi connectivity index (χ4v) is 1.25. The summed E-state index contributed by atoms with van der Waals surface area (Å²) in [6, 6.07) is 5.95. The quantitative estimate of drug-likeness (QED) is 0.659. The Labute approximate surface area is 77.0 Å². The SMILES string of the molecule is Cc1ccnc(-n2nccc2C)c1. The second-order valence-electron chi connectivity index (χ2n) is 3.08. The molecule has 2 heterocycles. The van der Waals surface area contributed by atoms with Crippen molar-refractivity contribution in [3.05, 3.63) is 41.9 Å². The second kappa shape index (κ2) is 3.01. The lowest BCUT2D eigenvalue weighted by atomic mass is 10.3. The first-order chi connectivity index (χ1) is 6.27. The Morgan fingerprint density at radius 1 is 1.15 bits per heavy atom. The van der Waals surface area contributed by atoms with E-state index in [1.807, 2.05) is 36.7 Å². The minimum Gasteiger partial charge on any atom is -0.237 e. The van der Waals surface area contributed by atoms with Gasteiger partial charge in [0.1, 0.15) is 0 Å². The summed E-state index contributed by atoms with van der Waals surface area (Å²) in [6.07, 6.45) is 3.57. The van der Waals surface area contributed by atoms with E-state index in [-0.39, 0.29) is 0 Å². The van der Waals surface area contributed by atoms with E-state index in [1.54, 1.807) is 12.4 Å². The number of pyridine rings is 1.